The van der Waals surface area contributed by atoms with Gasteiger partial charge in [-0.25, -0.2) is 0 Å². The van der Waals surface area contributed by atoms with Crippen molar-refractivity contribution in [2.75, 3.05) is 0 Å². The van der Waals surface area contributed by atoms with Crippen LogP contribution in [0.15, 0.2) is 28.7 Å². The normalized spacial score (nSPS) is 33.1. The minimum atomic E-state index is 0.0200. The number of benzene rings is 1. The number of amides is 1. The van der Waals surface area contributed by atoms with Crippen LogP contribution in [0.4, 0.5) is 0 Å². The molecule has 2 fully saturated rings. The second-order valence-corrected chi connectivity index (χ2v) is 7.13. The molecule has 4 heteroatoms. The van der Waals surface area contributed by atoms with Crippen molar-refractivity contribution in [2.45, 2.75) is 38.3 Å². The molecule has 1 aromatic carbocycles. The summed E-state index contributed by atoms with van der Waals surface area (Å²) in [5, 5.41) is 3.14. The predicted molar refractivity (Wildman–Crippen MR) is 83.0 cm³/mol. The van der Waals surface area contributed by atoms with Crippen LogP contribution < -0.4 is 11.1 Å². The fourth-order valence-corrected chi connectivity index (χ4v) is 4.13. The van der Waals surface area contributed by atoms with E-state index in [4.69, 9.17) is 5.73 Å². The van der Waals surface area contributed by atoms with E-state index in [1.165, 1.54) is 12.8 Å². The molecular weight excluding hydrogens is 316 g/mol. The van der Waals surface area contributed by atoms with Gasteiger partial charge in [-0.1, -0.05) is 28.1 Å². The predicted octanol–water partition coefficient (Wildman–Crippen LogP) is 3.00. The van der Waals surface area contributed by atoms with Gasteiger partial charge in [0.2, 0.25) is 5.91 Å². The van der Waals surface area contributed by atoms with Gasteiger partial charge in [-0.3, -0.25) is 4.79 Å². The van der Waals surface area contributed by atoms with Crippen molar-refractivity contribution in [3.05, 3.63) is 34.3 Å². The SMILES string of the molecule is C[C@@H](NC(=O)C1C2CCC(C2)C1N)c1ccc(Br)cc1. The minimum absolute atomic E-state index is 0.0200. The highest BCUT2D eigenvalue weighted by molar-refractivity contribution is 9.10. The Kier molecular flexibility index (Phi) is 3.87. The zero-order valence-electron chi connectivity index (χ0n) is 11.7. The maximum Gasteiger partial charge on any atom is 0.225 e. The zero-order valence-corrected chi connectivity index (χ0v) is 13.3. The van der Waals surface area contributed by atoms with E-state index >= 15 is 0 Å². The lowest BCUT2D eigenvalue weighted by Gasteiger charge is -2.28. The Hall–Kier alpha value is -0.870. The molecule has 1 amide bonds. The second kappa shape index (κ2) is 5.49. The molecule has 2 aliphatic rings. The van der Waals surface area contributed by atoms with E-state index in [-0.39, 0.29) is 23.9 Å². The molecule has 0 heterocycles. The highest BCUT2D eigenvalue weighted by Crippen LogP contribution is 2.47. The summed E-state index contributed by atoms with van der Waals surface area (Å²) in [4.78, 5) is 12.5. The molecule has 108 valence electrons. The fraction of sp³-hybridized carbons (Fsp3) is 0.562. The summed E-state index contributed by atoms with van der Waals surface area (Å²) < 4.78 is 1.05. The first-order valence-electron chi connectivity index (χ1n) is 7.37. The topological polar surface area (TPSA) is 55.1 Å². The quantitative estimate of drug-likeness (QED) is 0.891. The Morgan fingerprint density at radius 3 is 2.55 bits per heavy atom. The largest absolute Gasteiger partial charge is 0.349 e. The average molecular weight is 337 g/mol. The summed E-state index contributed by atoms with van der Waals surface area (Å²) in [5.74, 6) is 1.23. The molecule has 0 aromatic heterocycles. The Labute approximate surface area is 128 Å². The van der Waals surface area contributed by atoms with Crippen molar-refractivity contribution < 1.29 is 4.79 Å². The number of nitrogens with one attached hydrogen (secondary N) is 1. The molecule has 2 aliphatic carbocycles. The van der Waals surface area contributed by atoms with Gasteiger partial charge < -0.3 is 11.1 Å². The molecular formula is C16H21BrN2O. The lowest BCUT2D eigenvalue weighted by molar-refractivity contribution is -0.127. The van der Waals surface area contributed by atoms with Crippen LogP contribution in [0.1, 0.15) is 37.8 Å². The molecule has 5 atom stereocenters. The van der Waals surface area contributed by atoms with Crippen molar-refractivity contribution >= 4 is 21.8 Å². The third-order valence-corrected chi connectivity index (χ3v) is 5.54. The van der Waals surface area contributed by atoms with Gasteiger partial charge in [0.25, 0.3) is 0 Å². The van der Waals surface area contributed by atoms with Gasteiger partial charge in [-0.2, -0.15) is 0 Å². The molecule has 20 heavy (non-hydrogen) atoms. The Morgan fingerprint density at radius 2 is 1.95 bits per heavy atom. The number of hydrogen-bond donors (Lipinski definition) is 2. The van der Waals surface area contributed by atoms with Crippen molar-refractivity contribution in [1.29, 1.82) is 0 Å². The number of hydrogen-bond acceptors (Lipinski definition) is 2. The van der Waals surface area contributed by atoms with Crippen LogP contribution in [0.5, 0.6) is 0 Å². The van der Waals surface area contributed by atoms with Crippen LogP contribution in [0, 0.1) is 17.8 Å². The Bertz CT molecular complexity index is 500. The third-order valence-electron chi connectivity index (χ3n) is 5.01. The molecule has 0 spiro atoms. The molecule has 3 rings (SSSR count). The summed E-state index contributed by atoms with van der Waals surface area (Å²) in [6.45, 7) is 2.03. The molecule has 1 aromatic rings. The summed E-state index contributed by atoms with van der Waals surface area (Å²) in [6.07, 6.45) is 3.52. The van der Waals surface area contributed by atoms with Crippen LogP contribution in [0.2, 0.25) is 0 Å². The van der Waals surface area contributed by atoms with E-state index in [0.29, 0.717) is 11.8 Å². The monoisotopic (exact) mass is 336 g/mol. The van der Waals surface area contributed by atoms with Crippen LogP contribution in [0.25, 0.3) is 0 Å². The Morgan fingerprint density at radius 1 is 1.30 bits per heavy atom. The first kappa shape index (κ1) is 14.1. The summed E-state index contributed by atoms with van der Waals surface area (Å²) in [5.41, 5.74) is 7.36. The molecule has 3 N–H and O–H groups in total. The van der Waals surface area contributed by atoms with E-state index in [1.54, 1.807) is 0 Å². The van der Waals surface area contributed by atoms with E-state index in [2.05, 4.69) is 21.2 Å². The number of fused-ring (bicyclic) bond motifs is 2. The molecule has 2 saturated carbocycles. The number of rotatable bonds is 3. The average Bonchev–Trinajstić information content (AvgIpc) is 2.99. The van der Waals surface area contributed by atoms with Crippen molar-refractivity contribution in [3.8, 4) is 0 Å². The van der Waals surface area contributed by atoms with Gasteiger partial charge in [0.15, 0.2) is 0 Å². The van der Waals surface area contributed by atoms with E-state index in [1.807, 2.05) is 31.2 Å². The first-order chi connectivity index (χ1) is 9.56. The molecule has 2 bridgehead atoms. The van der Waals surface area contributed by atoms with Crippen LogP contribution in [-0.4, -0.2) is 11.9 Å². The highest BCUT2D eigenvalue weighted by atomic mass is 79.9. The van der Waals surface area contributed by atoms with E-state index in [0.717, 1.165) is 16.5 Å². The fourth-order valence-electron chi connectivity index (χ4n) is 3.87. The summed E-state index contributed by atoms with van der Waals surface area (Å²) in [6, 6.07) is 8.17. The van der Waals surface area contributed by atoms with Gasteiger partial charge in [0.1, 0.15) is 0 Å². The highest BCUT2D eigenvalue weighted by Gasteiger charge is 2.49. The maximum absolute atomic E-state index is 12.5. The van der Waals surface area contributed by atoms with Crippen LogP contribution in [-0.2, 0) is 4.79 Å². The number of carbonyl (C=O) groups is 1. The second-order valence-electron chi connectivity index (χ2n) is 6.22. The van der Waals surface area contributed by atoms with Crippen molar-refractivity contribution in [2.24, 2.45) is 23.5 Å². The number of halogens is 1. The lowest BCUT2D eigenvalue weighted by Crippen LogP contribution is -2.45. The van der Waals surface area contributed by atoms with Crippen molar-refractivity contribution in [3.63, 3.8) is 0 Å². The zero-order chi connectivity index (χ0) is 14.3. The van der Waals surface area contributed by atoms with Gasteiger partial charge in [-0.15, -0.1) is 0 Å². The molecule has 0 aliphatic heterocycles. The minimum Gasteiger partial charge on any atom is -0.349 e. The van der Waals surface area contributed by atoms with Crippen LogP contribution in [0.3, 0.4) is 0 Å². The summed E-state index contributed by atoms with van der Waals surface area (Å²) >= 11 is 3.43. The van der Waals surface area contributed by atoms with Crippen LogP contribution >= 0.6 is 15.9 Å². The Balaban J connectivity index is 1.65. The maximum atomic E-state index is 12.5. The lowest BCUT2D eigenvalue weighted by atomic mass is 9.84. The van der Waals surface area contributed by atoms with E-state index in [9.17, 15) is 4.79 Å². The molecule has 3 nitrogen and oxygen atoms in total. The standard InChI is InChI=1S/C16H21BrN2O/c1-9(10-4-6-13(17)7-5-10)19-16(20)14-11-2-3-12(8-11)15(14)18/h4-7,9,11-12,14-15H,2-3,8,18H2,1H3,(H,19,20)/t9-,11?,12?,14?,15?/m1/s1. The summed E-state index contributed by atoms with van der Waals surface area (Å²) in [7, 11) is 0. The molecule has 0 saturated heterocycles. The molecule has 4 unspecified atom stereocenters. The molecule has 0 radical (unpaired) electrons. The smallest absolute Gasteiger partial charge is 0.225 e. The number of carbonyl (C=O) groups excluding carboxylic acids is 1. The van der Waals surface area contributed by atoms with Gasteiger partial charge in [-0.05, 0) is 55.7 Å². The first-order valence-corrected chi connectivity index (χ1v) is 8.17. The third kappa shape index (κ3) is 2.51. The van der Waals surface area contributed by atoms with Gasteiger partial charge in [0.05, 0.1) is 12.0 Å². The van der Waals surface area contributed by atoms with E-state index < -0.39 is 0 Å². The number of nitrogens with two attached hydrogens (primary N) is 1. The van der Waals surface area contributed by atoms with Gasteiger partial charge >= 0.3 is 0 Å². The van der Waals surface area contributed by atoms with Crippen molar-refractivity contribution in [1.82, 2.24) is 5.32 Å². The van der Waals surface area contributed by atoms with Gasteiger partial charge in [0, 0.05) is 10.5 Å².